The second kappa shape index (κ2) is 5.70. The molecule has 3 heterocycles. The Bertz CT molecular complexity index is 552. The average molecular weight is 305 g/mol. The first-order valence-corrected chi connectivity index (χ1v) is 7.99. The van der Waals surface area contributed by atoms with Crippen molar-refractivity contribution in [3.63, 3.8) is 0 Å². The monoisotopic (exact) mass is 305 g/mol. The summed E-state index contributed by atoms with van der Waals surface area (Å²) in [4.78, 5) is 13.3. The fourth-order valence-corrected chi connectivity index (χ4v) is 3.01. The number of carbonyl (C=O) groups is 1. The van der Waals surface area contributed by atoms with Gasteiger partial charge < -0.3 is 14.2 Å². The van der Waals surface area contributed by atoms with E-state index in [-0.39, 0.29) is 24.7 Å². The Morgan fingerprint density at radius 1 is 1.41 bits per heavy atom. The Morgan fingerprint density at radius 3 is 2.64 bits per heavy atom. The van der Waals surface area contributed by atoms with E-state index in [1.54, 1.807) is 6.92 Å². The molecule has 3 rings (SSSR count). The molecule has 22 heavy (non-hydrogen) atoms. The zero-order chi connectivity index (χ0) is 15.9. The fraction of sp³-hybridized carbons (Fsp3) is 0.733. The molecule has 1 aromatic rings. The number of hydrogen-bond donors (Lipinski definition) is 0. The molecule has 2 fully saturated rings. The molecular formula is C15H24BN3O3. The van der Waals surface area contributed by atoms with Crippen LogP contribution < -0.4 is 5.46 Å². The van der Waals surface area contributed by atoms with Crippen molar-refractivity contribution in [2.45, 2.75) is 58.3 Å². The zero-order valence-corrected chi connectivity index (χ0v) is 13.8. The van der Waals surface area contributed by atoms with Gasteiger partial charge in [0.05, 0.1) is 17.7 Å². The van der Waals surface area contributed by atoms with E-state index in [4.69, 9.17) is 9.31 Å². The van der Waals surface area contributed by atoms with Crippen LogP contribution in [0, 0.1) is 0 Å². The number of piperidine rings is 1. The predicted octanol–water partition coefficient (Wildman–Crippen LogP) is 0.976. The number of amides is 1. The SMILES string of the molecule is CC(=O)N1CCC(n2cc(B3OC(C)C(C)(C)O3)cn2)CC1. The second-order valence-electron chi connectivity index (χ2n) is 6.82. The summed E-state index contributed by atoms with van der Waals surface area (Å²) in [7, 11) is -0.337. The van der Waals surface area contributed by atoms with Gasteiger partial charge in [-0.2, -0.15) is 5.10 Å². The molecular weight excluding hydrogens is 281 g/mol. The van der Waals surface area contributed by atoms with Crippen LogP contribution in [0.5, 0.6) is 0 Å². The van der Waals surface area contributed by atoms with Gasteiger partial charge in [-0.05, 0) is 33.6 Å². The lowest BCUT2D eigenvalue weighted by Gasteiger charge is -2.31. The van der Waals surface area contributed by atoms with Crippen LogP contribution in [-0.2, 0) is 14.1 Å². The third kappa shape index (κ3) is 2.92. The van der Waals surface area contributed by atoms with Crippen molar-refractivity contribution in [2.75, 3.05) is 13.1 Å². The number of likely N-dealkylation sites (tertiary alicyclic amines) is 1. The highest BCUT2D eigenvalue weighted by Gasteiger charge is 2.44. The summed E-state index contributed by atoms with van der Waals surface area (Å²) >= 11 is 0. The molecule has 2 aliphatic rings. The molecule has 1 unspecified atom stereocenters. The van der Waals surface area contributed by atoms with Crippen LogP contribution in [0.25, 0.3) is 0 Å². The minimum atomic E-state index is -0.337. The summed E-state index contributed by atoms with van der Waals surface area (Å²) in [5.41, 5.74) is 0.686. The van der Waals surface area contributed by atoms with Crippen molar-refractivity contribution in [3.8, 4) is 0 Å². The van der Waals surface area contributed by atoms with Crippen LogP contribution in [0.1, 0.15) is 46.6 Å². The number of aromatic nitrogens is 2. The van der Waals surface area contributed by atoms with Gasteiger partial charge in [0.1, 0.15) is 0 Å². The molecule has 0 bridgehead atoms. The van der Waals surface area contributed by atoms with E-state index in [1.165, 1.54) is 0 Å². The zero-order valence-electron chi connectivity index (χ0n) is 13.8. The van der Waals surface area contributed by atoms with E-state index < -0.39 is 0 Å². The van der Waals surface area contributed by atoms with Crippen molar-refractivity contribution in [1.29, 1.82) is 0 Å². The Labute approximate surface area is 131 Å². The number of hydrogen-bond acceptors (Lipinski definition) is 4. The van der Waals surface area contributed by atoms with Crippen LogP contribution in [0.15, 0.2) is 12.4 Å². The predicted molar refractivity (Wildman–Crippen MR) is 83.9 cm³/mol. The first-order valence-electron chi connectivity index (χ1n) is 7.99. The molecule has 2 saturated heterocycles. The third-order valence-electron chi connectivity index (χ3n) is 4.90. The van der Waals surface area contributed by atoms with Gasteiger partial charge in [0, 0.05) is 37.9 Å². The molecule has 0 aromatic carbocycles. The van der Waals surface area contributed by atoms with Crippen molar-refractivity contribution >= 4 is 18.5 Å². The third-order valence-corrected chi connectivity index (χ3v) is 4.90. The number of carbonyl (C=O) groups excluding carboxylic acids is 1. The highest BCUT2D eigenvalue weighted by Crippen LogP contribution is 2.27. The first kappa shape index (κ1) is 15.6. The summed E-state index contributed by atoms with van der Waals surface area (Å²) in [6.45, 7) is 9.34. The Morgan fingerprint density at radius 2 is 2.09 bits per heavy atom. The molecule has 0 N–H and O–H groups in total. The maximum atomic E-state index is 11.4. The molecule has 2 aliphatic heterocycles. The van der Waals surface area contributed by atoms with Crippen LogP contribution >= 0.6 is 0 Å². The van der Waals surface area contributed by atoms with Gasteiger partial charge in [0.15, 0.2) is 0 Å². The van der Waals surface area contributed by atoms with Gasteiger partial charge in [0.2, 0.25) is 5.91 Å². The second-order valence-corrected chi connectivity index (χ2v) is 6.82. The quantitative estimate of drug-likeness (QED) is 0.764. The molecule has 6 nitrogen and oxygen atoms in total. The van der Waals surface area contributed by atoms with Crippen LogP contribution in [0.2, 0.25) is 0 Å². The largest absolute Gasteiger partial charge is 0.497 e. The summed E-state index contributed by atoms with van der Waals surface area (Å²) in [6, 6.07) is 0.344. The maximum Gasteiger partial charge on any atom is 0.497 e. The maximum absolute atomic E-state index is 11.4. The standard InChI is InChI=1S/C15H24BN3O3/c1-11-15(3,4)22-16(21-11)13-9-17-19(10-13)14-5-7-18(8-6-14)12(2)20/h9-11,14H,5-8H2,1-4H3. The molecule has 0 aliphatic carbocycles. The van der Waals surface area contributed by atoms with E-state index in [0.29, 0.717) is 6.04 Å². The lowest BCUT2D eigenvalue weighted by Crippen LogP contribution is -2.38. The minimum absolute atomic E-state index is 0.0552. The van der Waals surface area contributed by atoms with E-state index in [2.05, 4.69) is 5.10 Å². The number of rotatable bonds is 2. The first-order chi connectivity index (χ1) is 10.4. The molecule has 7 heteroatoms. The molecule has 1 amide bonds. The lowest BCUT2D eigenvalue weighted by molar-refractivity contribution is -0.130. The summed E-state index contributed by atoms with van der Waals surface area (Å²) in [6.07, 6.45) is 5.78. The topological polar surface area (TPSA) is 56.6 Å². The van der Waals surface area contributed by atoms with Crippen LogP contribution in [0.3, 0.4) is 0 Å². The normalized spacial score (nSPS) is 25.7. The van der Waals surface area contributed by atoms with E-state index in [0.717, 1.165) is 31.4 Å². The van der Waals surface area contributed by atoms with Crippen molar-refractivity contribution in [2.24, 2.45) is 0 Å². The van der Waals surface area contributed by atoms with Crippen molar-refractivity contribution < 1.29 is 14.1 Å². The van der Waals surface area contributed by atoms with Gasteiger partial charge in [-0.1, -0.05) is 0 Å². The molecule has 0 radical (unpaired) electrons. The smallest absolute Gasteiger partial charge is 0.402 e. The van der Waals surface area contributed by atoms with Gasteiger partial charge in [-0.25, -0.2) is 0 Å². The highest BCUT2D eigenvalue weighted by atomic mass is 16.7. The summed E-state index contributed by atoms with van der Waals surface area (Å²) in [5.74, 6) is 0.156. The van der Waals surface area contributed by atoms with Gasteiger partial charge in [0.25, 0.3) is 0 Å². The molecule has 120 valence electrons. The van der Waals surface area contributed by atoms with Crippen LogP contribution in [-0.4, -0.2) is 52.5 Å². The Hall–Kier alpha value is -1.34. The molecule has 1 aromatic heterocycles. The van der Waals surface area contributed by atoms with E-state index in [1.807, 2.05) is 42.7 Å². The van der Waals surface area contributed by atoms with Gasteiger partial charge in [-0.3, -0.25) is 9.48 Å². The molecule has 0 saturated carbocycles. The Kier molecular flexibility index (Phi) is 4.03. The van der Waals surface area contributed by atoms with Gasteiger partial charge in [-0.15, -0.1) is 0 Å². The summed E-state index contributed by atoms with van der Waals surface area (Å²) < 4.78 is 13.8. The average Bonchev–Trinajstić information content (AvgIpc) is 3.05. The molecule has 1 atom stereocenters. The van der Waals surface area contributed by atoms with Gasteiger partial charge >= 0.3 is 7.12 Å². The Balaban J connectivity index is 1.64. The highest BCUT2D eigenvalue weighted by molar-refractivity contribution is 6.61. The lowest BCUT2D eigenvalue weighted by atomic mass is 9.82. The number of nitrogens with zero attached hydrogens (tertiary/aromatic N) is 3. The van der Waals surface area contributed by atoms with Crippen molar-refractivity contribution in [1.82, 2.24) is 14.7 Å². The van der Waals surface area contributed by atoms with Crippen molar-refractivity contribution in [3.05, 3.63) is 12.4 Å². The fourth-order valence-electron chi connectivity index (χ4n) is 3.01. The van der Waals surface area contributed by atoms with Crippen LogP contribution in [0.4, 0.5) is 0 Å². The molecule has 0 spiro atoms. The van der Waals surface area contributed by atoms with E-state index >= 15 is 0 Å². The summed E-state index contributed by atoms with van der Waals surface area (Å²) in [5, 5.41) is 4.48. The minimum Gasteiger partial charge on any atom is -0.402 e. The van der Waals surface area contributed by atoms with E-state index in [9.17, 15) is 4.79 Å².